The molecule has 4 nitrogen and oxygen atoms in total. The van der Waals surface area contributed by atoms with Gasteiger partial charge in [0.1, 0.15) is 0 Å². The van der Waals surface area contributed by atoms with E-state index in [1.807, 2.05) is 0 Å². The van der Waals surface area contributed by atoms with Gasteiger partial charge in [-0.05, 0) is 0 Å². The molecular formula is C7H6ClNO3. The topological polar surface area (TPSA) is 51.6 Å². The van der Waals surface area contributed by atoms with Gasteiger partial charge in [-0.1, -0.05) is 11.6 Å². The van der Waals surface area contributed by atoms with Crippen molar-refractivity contribution in [3.05, 3.63) is 16.8 Å². The molecule has 0 fully saturated rings. The first-order chi connectivity index (χ1) is 5.83. The summed E-state index contributed by atoms with van der Waals surface area (Å²) in [6.45, 7) is -0.0390. The summed E-state index contributed by atoms with van der Waals surface area (Å²) < 4.78 is 10.1. The van der Waals surface area contributed by atoms with Gasteiger partial charge in [0, 0.05) is 5.56 Å². The highest BCUT2D eigenvalue weighted by molar-refractivity contribution is 6.31. The van der Waals surface area contributed by atoms with Crippen LogP contribution in [0.3, 0.4) is 0 Å². The number of aliphatic hydroxyl groups is 1. The Balaban J connectivity index is 2.57. The fourth-order valence-electron chi connectivity index (χ4n) is 1.03. The largest absolute Gasteiger partial charge is 0.451 e. The molecule has 0 radical (unpaired) electrons. The van der Waals surface area contributed by atoms with Gasteiger partial charge in [-0.25, -0.2) is 4.98 Å². The second kappa shape index (κ2) is 2.80. The lowest BCUT2D eigenvalue weighted by Gasteiger charge is -2.02. The molecule has 0 saturated heterocycles. The van der Waals surface area contributed by atoms with Crippen LogP contribution in [0.5, 0.6) is 11.6 Å². The highest BCUT2D eigenvalue weighted by Gasteiger charge is 2.20. The number of hydrogen-bond acceptors (Lipinski definition) is 4. The first kappa shape index (κ1) is 7.64. The second-order valence-corrected chi connectivity index (χ2v) is 2.69. The van der Waals surface area contributed by atoms with Crippen LogP contribution in [0.2, 0.25) is 5.02 Å². The van der Waals surface area contributed by atoms with Crippen molar-refractivity contribution in [2.45, 2.75) is 6.61 Å². The number of aliphatic hydroxyl groups excluding tert-OH is 1. The molecule has 1 aromatic rings. The third kappa shape index (κ3) is 1.00. The van der Waals surface area contributed by atoms with Gasteiger partial charge >= 0.3 is 0 Å². The number of rotatable bonds is 1. The van der Waals surface area contributed by atoms with E-state index in [1.165, 1.54) is 6.20 Å². The maximum absolute atomic E-state index is 8.93. The van der Waals surface area contributed by atoms with Crippen LogP contribution < -0.4 is 9.47 Å². The molecule has 0 aliphatic carbocycles. The second-order valence-electron chi connectivity index (χ2n) is 2.28. The fraction of sp³-hybridized carbons (Fsp3) is 0.286. The Bertz CT molecular complexity index is 316. The van der Waals surface area contributed by atoms with E-state index >= 15 is 0 Å². The van der Waals surface area contributed by atoms with Crippen LogP contribution in [-0.2, 0) is 6.61 Å². The maximum Gasteiger partial charge on any atom is 0.260 e. The minimum Gasteiger partial charge on any atom is -0.451 e. The molecule has 12 heavy (non-hydrogen) atoms. The molecule has 0 aromatic carbocycles. The normalized spacial score (nSPS) is 13.5. The first-order valence-electron chi connectivity index (χ1n) is 3.36. The van der Waals surface area contributed by atoms with Gasteiger partial charge in [0.2, 0.25) is 6.79 Å². The summed E-state index contributed by atoms with van der Waals surface area (Å²) in [4.78, 5) is 3.88. The number of aromatic nitrogens is 1. The number of nitrogens with zero attached hydrogens (tertiary/aromatic N) is 1. The molecule has 0 amide bonds. The highest BCUT2D eigenvalue weighted by atomic mass is 35.5. The van der Waals surface area contributed by atoms with Crippen molar-refractivity contribution in [1.29, 1.82) is 0 Å². The van der Waals surface area contributed by atoms with E-state index < -0.39 is 0 Å². The van der Waals surface area contributed by atoms with E-state index in [0.29, 0.717) is 22.2 Å². The predicted molar refractivity (Wildman–Crippen MR) is 41.3 cm³/mol. The molecule has 0 bridgehead atoms. The van der Waals surface area contributed by atoms with E-state index in [9.17, 15) is 0 Å². The zero-order valence-corrected chi connectivity index (χ0v) is 6.84. The molecular weight excluding hydrogens is 182 g/mol. The van der Waals surface area contributed by atoms with E-state index in [1.54, 1.807) is 0 Å². The molecule has 0 unspecified atom stereocenters. The Hall–Kier alpha value is -1.00. The van der Waals surface area contributed by atoms with Gasteiger partial charge in [0.15, 0.2) is 5.75 Å². The summed E-state index contributed by atoms with van der Waals surface area (Å²) in [6.07, 6.45) is 1.43. The SMILES string of the molecule is OCc1c(Cl)cnc2c1OCO2. The molecule has 2 heterocycles. The summed E-state index contributed by atoms with van der Waals surface area (Å²) in [5.41, 5.74) is 0.527. The van der Waals surface area contributed by atoms with Crippen molar-refractivity contribution in [1.82, 2.24) is 4.98 Å². The molecule has 1 aliphatic heterocycles. The molecule has 0 saturated carbocycles. The van der Waals surface area contributed by atoms with Crippen molar-refractivity contribution < 1.29 is 14.6 Å². The summed E-state index contributed by atoms with van der Waals surface area (Å²) >= 11 is 5.75. The summed E-state index contributed by atoms with van der Waals surface area (Å²) in [5, 5.41) is 9.33. The zero-order valence-electron chi connectivity index (χ0n) is 6.08. The Labute approximate surface area is 73.7 Å². The first-order valence-corrected chi connectivity index (χ1v) is 3.74. The van der Waals surface area contributed by atoms with Gasteiger partial charge < -0.3 is 14.6 Å². The number of ether oxygens (including phenoxy) is 2. The number of hydrogen-bond donors (Lipinski definition) is 1. The van der Waals surface area contributed by atoms with Crippen LogP contribution in [-0.4, -0.2) is 16.9 Å². The lowest BCUT2D eigenvalue weighted by Crippen LogP contribution is -1.94. The number of halogens is 1. The molecule has 0 atom stereocenters. The van der Waals surface area contributed by atoms with Crippen LogP contribution >= 0.6 is 11.6 Å². The Morgan fingerprint density at radius 2 is 2.42 bits per heavy atom. The average molecular weight is 188 g/mol. The summed E-state index contributed by atoms with van der Waals surface area (Å²) in [5.74, 6) is 0.841. The van der Waals surface area contributed by atoms with Crippen LogP contribution in [0.1, 0.15) is 5.56 Å². The smallest absolute Gasteiger partial charge is 0.260 e. The molecule has 5 heteroatoms. The third-order valence-corrected chi connectivity index (χ3v) is 1.93. The molecule has 0 spiro atoms. The van der Waals surface area contributed by atoms with Crippen LogP contribution in [0.4, 0.5) is 0 Å². The predicted octanol–water partition coefficient (Wildman–Crippen LogP) is 0.956. The number of pyridine rings is 1. The van der Waals surface area contributed by atoms with Crippen molar-refractivity contribution >= 4 is 11.6 Å². The molecule has 1 aliphatic rings. The van der Waals surface area contributed by atoms with E-state index in [-0.39, 0.29) is 13.4 Å². The van der Waals surface area contributed by atoms with Gasteiger partial charge in [0.05, 0.1) is 17.8 Å². The lowest BCUT2D eigenvalue weighted by atomic mass is 10.2. The van der Waals surface area contributed by atoms with Crippen molar-refractivity contribution in [2.24, 2.45) is 0 Å². The highest BCUT2D eigenvalue weighted by Crippen LogP contribution is 2.36. The summed E-state index contributed by atoms with van der Waals surface area (Å²) in [6, 6.07) is 0. The minimum atomic E-state index is -0.174. The zero-order chi connectivity index (χ0) is 8.55. The van der Waals surface area contributed by atoms with Crippen molar-refractivity contribution in [2.75, 3.05) is 6.79 Å². The van der Waals surface area contributed by atoms with Crippen LogP contribution in [0.15, 0.2) is 6.20 Å². The van der Waals surface area contributed by atoms with Gasteiger partial charge in [-0.3, -0.25) is 0 Å². The average Bonchev–Trinajstić information content (AvgIpc) is 2.52. The fourth-order valence-corrected chi connectivity index (χ4v) is 1.23. The number of fused-ring (bicyclic) bond motifs is 1. The standard InChI is InChI=1S/C7H6ClNO3/c8-5-1-9-7-6(4(5)2-10)11-3-12-7/h1,10H,2-3H2. The quantitative estimate of drug-likeness (QED) is 0.712. The molecule has 1 N–H and O–H groups in total. The lowest BCUT2D eigenvalue weighted by molar-refractivity contribution is 0.168. The molecule has 2 rings (SSSR count). The van der Waals surface area contributed by atoms with Crippen molar-refractivity contribution in [3.63, 3.8) is 0 Å². The monoisotopic (exact) mass is 187 g/mol. The van der Waals surface area contributed by atoms with Crippen LogP contribution in [0.25, 0.3) is 0 Å². The minimum absolute atomic E-state index is 0.135. The maximum atomic E-state index is 8.93. The Kier molecular flexibility index (Phi) is 1.78. The molecule has 64 valence electrons. The van der Waals surface area contributed by atoms with Crippen LogP contribution in [0, 0.1) is 0 Å². The summed E-state index contributed by atoms with van der Waals surface area (Å²) in [7, 11) is 0. The van der Waals surface area contributed by atoms with E-state index in [2.05, 4.69) is 4.98 Å². The van der Waals surface area contributed by atoms with E-state index in [4.69, 9.17) is 26.2 Å². The Morgan fingerprint density at radius 1 is 1.58 bits per heavy atom. The van der Waals surface area contributed by atoms with Gasteiger partial charge in [-0.15, -0.1) is 0 Å². The third-order valence-electron chi connectivity index (χ3n) is 1.61. The van der Waals surface area contributed by atoms with Crippen molar-refractivity contribution in [3.8, 4) is 11.6 Å². The Morgan fingerprint density at radius 3 is 3.17 bits per heavy atom. The molecule has 1 aromatic heterocycles. The van der Waals surface area contributed by atoms with Gasteiger partial charge in [0.25, 0.3) is 5.88 Å². The van der Waals surface area contributed by atoms with E-state index in [0.717, 1.165) is 0 Å². The van der Waals surface area contributed by atoms with Gasteiger partial charge in [-0.2, -0.15) is 0 Å².